The number of anilines is 1. The molecule has 0 unspecified atom stereocenters. The van der Waals surface area contributed by atoms with Gasteiger partial charge in [-0.1, -0.05) is 0 Å². The highest BCUT2D eigenvalue weighted by Gasteiger charge is 2.02. The topological polar surface area (TPSA) is 76.1 Å². The molecule has 1 amide bonds. The maximum absolute atomic E-state index is 11.4. The molecule has 0 bridgehead atoms. The first-order chi connectivity index (χ1) is 8.61. The molecule has 0 spiro atoms. The lowest BCUT2D eigenvalue weighted by atomic mass is 10.3. The van der Waals surface area contributed by atoms with E-state index in [0.29, 0.717) is 32.1 Å². The van der Waals surface area contributed by atoms with Crippen molar-refractivity contribution >= 4 is 11.9 Å². The first-order valence-corrected chi connectivity index (χ1v) is 5.93. The molecule has 1 aromatic rings. The molecule has 6 nitrogen and oxygen atoms in total. The molecule has 0 fully saturated rings. The number of hydrogen-bond donors (Lipinski definition) is 2. The molecule has 1 heterocycles. The highest BCUT2D eigenvalue weighted by Crippen LogP contribution is 2.03. The second-order valence-corrected chi connectivity index (χ2v) is 3.99. The molecule has 0 aliphatic carbocycles. The third kappa shape index (κ3) is 5.58. The molecule has 0 saturated heterocycles. The normalized spacial score (nSPS) is 10.2. The zero-order valence-corrected chi connectivity index (χ0v) is 11.1. The Morgan fingerprint density at radius 3 is 2.56 bits per heavy atom. The number of hydrogen-bond acceptors (Lipinski definition) is 5. The summed E-state index contributed by atoms with van der Waals surface area (Å²) in [7, 11) is 1.60. The minimum Gasteiger partial charge on any atom is -0.383 e. The Balaban J connectivity index is 2.26. The van der Waals surface area contributed by atoms with Gasteiger partial charge in [0, 0.05) is 38.0 Å². The highest BCUT2D eigenvalue weighted by atomic mass is 16.5. The standard InChI is InChI=1S/C12H20N4O2/c1-9-8-10(2)16-12(15-9)14-5-4-11(17)13-6-7-18-3/h8H,4-7H2,1-3H3,(H,13,17)(H,14,15,16). The van der Waals surface area contributed by atoms with Gasteiger partial charge in [0.2, 0.25) is 11.9 Å². The molecule has 0 atom stereocenters. The minimum atomic E-state index is -0.0103. The van der Waals surface area contributed by atoms with Gasteiger partial charge in [-0.3, -0.25) is 4.79 Å². The van der Waals surface area contributed by atoms with Crippen molar-refractivity contribution in [3.8, 4) is 0 Å². The van der Waals surface area contributed by atoms with Crippen LogP contribution in [0.3, 0.4) is 0 Å². The van der Waals surface area contributed by atoms with E-state index in [9.17, 15) is 4.79 Å². The molecule has 1 rings (SSSR count). The number of amides is 1. The number of carbonyl (C=O) groups is 1. The van der Waals surface area contributed by atoms with Gasteiger partial charge in [-0.05, 0) is 19.9 Å². The maximum Gasteiger partial charge on any atom is 0.223 e. The summed E-state index contributed by atoms with van der Waals surface area (Å²) < 4.78 is 4.84. The lowest BCUT2D eigenvalue weighted by molar-refractivity contribution is -0.121. The predicted octanol–water partition coefficient (Wildman–Crippen LogP) is 0.658. The number of nitrogens with one attached hydrogen (secondary N) is 2. The van der Waals surface area contributed by atoms with Crippen LogP contribution in [0, 0.1) is 13.8 Å². The van der Waals surface area contributed by atoms with Crippen molar-refractivity contribution in [2.45, 2.75) is 20.3 Å². The maximum atomic E-state index is 11.4. The summed E-state index contributed by atoms with van der Waals surface area (Å²) in [4.78, 5) is 19.9. The van der Waals surface area contributed by atoms with Crippen LogP contribution < -0.4 is 10.6 Å². The van der Waals surface area contributed by atoms with Crippen LogP contribution in [0.4, 0.5) is 5.95 Å². The molecule has 0 aliphatic heterocycles. The molecule has 1 aromatic heterocycles. The van der Waals surface area contributed by atoms with Crippen LogP contribution in [0.2, 0.25) is 0 Å². The van der Waals surface area contributed by atoms with Crippen LogP contribution >= 0.6 is 0 Å². The van der Waals surface area contributed by atoms with Crippen molar-refractivity contribution in [1.82, 2.24) is 15.3 Å². The molecule has 2 N–H and O–H groups in total. The number of aryl methyl sites for hydroxylation is 2. The Bertz CT molecular complexity index is 375. The van der Waals surface area contributed by atoms with Crippen molar-refractivity contribution < 1.29 is 9.53 Å². The Hall–Kier alpha value is -1.69. The first-order valence-electron chi connectivity index (χ1n) is 5.93. The van der Waals surface area contributed by atoms with E-state index in [2.05, 4.69) is 20.6 Å². The van der Waals surface area contributed by atoms with Gasteiger partial charge < -0.3 is 15.4 Å². The number of ether oxygens (including phenoxy) is 1. The lowest BCUT2D eigenvalue weighted by Gasteiger charge is -2.07. The number of rotatable bonds is 7. The quantitative estimate of drug-likeness (QED) is 0.697. The summed E-state index contributed by atoms with van der Waals surface area (Å²) in [6, 6.07) is 1.91. The number of nitrogens with zero attached hydrogens (tertiary/aromatic N) is 2. The van der Waals surface area contributed by atoms with E-state index in [4.69, 9.17) is 4.74 Å². The summed E-state index contributed by atoms with van der Waals surface area (Å²) in [5.74, 6) is 0.557. The molecule has 100 valence electrons. The van der Waals surface area contributed by atoms with Crippen LogP contribution in [0.5, 0.6) is 0 Å². The molecule has 0 aliphatic rings. The summed E-state index contributed by atoms with van der Waals surface area (Å²) in [5.41, 5.74) is 1.82. The van der Waals surface area contributed by atoms with Crippen LogP contribution in [0.1, 0.15) is 17.8 Å². The monoisotopic (exact) mass is 252 g/mol. The average Bonchev–Trinajstić information content (AvgIpc) is 2.28. The summed E-state index contributed by atoms with van der Waals surface area (Å²) in [6.07, 6.45) is 0.389. The van der Waals surface area contributed by atoms with Crippen LogP contribution in [-0.2, 0) is 9.53 Å². The zero-order valence-electron chi connectivity index (χ0n) is 11.1. The van der Waals surface area contributed by atoms with Gasteiger partial charge in [-0.2, -0.15) is 0 Å². The van der Waals surface area contributed by atoms with Crippen LogP contribution in [0.25, 0.3) is 0 Å². The van der Waals surface area contributed by atoms with Crippen LogP contribution in [0.15, 0.2) is 6.07 Å². The summed E-state index contributed by atoms with van der Waals surface area (Å²) in [6.45, 7) is 5.41. The molecule has 0 aromatic carbocycles. The van der Waals surface area contributed by atoms with Crippen molar-refractivity contribution in [2.24, 2.45) is 0 Å². The van der Waals surface area contributed by atoms with Gasteiger partial charge in [-0.25, -0.2) is 9.97 Å². The molecular formula is C12H20N4O2. The second kappa shape index (κ2) is 7.60. The van der Waals surface area contributed by atoms with Crippen LogP contribution in [-0.4, -0.2) is 42.7 Å². The van der Waals surface area contributed by atoms with E-state index in [0.717, 1.165) is 11.4 Å². The smallest absolute Gasteiger partial charge is 0.223 e. The van der Waals surface area contributed by atoms with Gasteiger partial charge in [0.1, 0.15) is 0 Å². The Kier molecular flexibility index (Phi) is 6.07. The van der Waals surface area contributed by atoms with E-state index < -0.39 is 0 Å². The van der Waals surface area contributed by atoms with E-state index in [1.54, 1.807) is 7.11 Å². The van der Waals surface area contributed by atoms with Gasteiger partial charge in [0.05, 0.1) is 6.61 Å². The number of aromatic nitrogens is 2. The van der Waals surface area contributed by atoms with Gasteiger partial charge in [-0.15, -0.1) is 0 Å². The largest absolute Gasteiger partial charge is 0.383 e. The molecule has 0 saturated carbocycles. The third-order valence-electron chi connectivity index (χ3n) is 2.25. The molecule has 0 radical (unpaired) electrons. The highest BCUT2D eigenvalue weighted by molar-refractivity contribution is 5.76. The number of methoxy groups -OCH3 is 1. The zero-order chi connectivity index (χ0) is 13.4. The molecular weight excluding hydrogens is 232 g/mol. The fourth-order valence-electron chi connectivity index (χ4n) is 1.47. The summed E-state index contributed by atoms with van der Waals surface area (Å²) in [5, 5.41) is 5.78. The van der Waals surface area contributed by atoms with Crippen molar-refractivity contribution in [3.05, 3.63) is 17.5 Å². The Morgan fingerprint density at radius 1 is 1.28 bits per heavy atom. The fourth-order valence-corrected chi connectivity index (χ4v) is 1.47. The van der Waals surface area contributed by atoms with Gasteiger partial charge in [0.25, 0.3) is 0 Å². The van der Waals surface area contributed by atoms with Crippen molar-refractivity contribution in [1.29, 1.82) is 0 Å². The average molecular weight is 252 g/mol. The van der Waals surface area contributed by atoms with E-state index in [1.165, 1.54) is 0 Å². The summed E-state index contributed by atoms with van der Waals surface area (Å²) >= 11 is 0. The van der Waals surface area contributed by atoms with Gasteiger partial charge >= 0.3 is 0 Å². The van der Waals surface area contributed by atoms with Gasteiger partial charge in [0.15, 0.2) is 0 Å². The third-order valence-corrected chi connectivity index (χ3v) is 2.25. The second-order valence-electron chi connectivity index (χ2n) is 3.99. The lowest BCUT2D eigenvalue weighted by Crippen LogP contribution is -2.28. The predicted molar refractivity (Wildman–Crippen MR) is 69.5 cm³/mol. The van der Waals surface area contributed by atoms with Crippen molar-refractivity contribution in [3.63, 3.8) is 0 Å². The minimum absolute atomic E-state index is 0.0103. The fraction of sp³-hybridized carbons (Fsp3) is 0.583. The first kappa shape index (κ1) is 14.4. The van der Waals surface area contributed by atoms with E-state index in [-0.39, 0.29) is 5.91 Å². The SMILES string of the molecule is COCCNC(=O)CCNc1nc(C)cc(C)n1. The molecule has 18 heavy (non-hydrogen) atoms. The van der Waals surface area contributed by atoms with E-state index in [1.807, 2.05) is 19.9 Å². The number of carbonyl (C=O) groups excluding carboxylic acids is 1. The Labute approximate surface area is 107 Å². The van der Waals surface area contributed by atoms with E-state index >= 15 is 0 Å². The van der Waals surface area contributed by atoms with Crippen molar-refractivity contribution in [2.75, 3.05) is 32.1 Å². The Morgan fingerprint density at radius 2 is 1.94 bits per heavy atom. The molecule has 6 heteroatoms.